The minimum Gasteiger partial charge on any atom is -0.364 e. The SMILES string of the molecule is CC(C)CS(=O)(=O)N1CC=C2C=C(N3CCC[C@@H]3c3cc(F)ccc3F)C=CN21. The maximum Gasteiger partial charge on any atom is 0.231 e. The molecular weight excluding hydrogens is 396 g/mol. The lowest BCUT2D eigenvalue weighted by Crippen LogP contribution is -2.41. The molecule has 0 N–H and O–H groups in total. The molecule has 8 heteroatoms. The van der Waals surface area contributed by atoms with Crippen LogP contribution in [0.2, 0.25) is 0 Å². The lowest BCUT2D eigenvalue weighted by atomic mass is 10.0. The van der Waals surface area contributed by atoms with Gasteiger partial charge in [0, 0.05) is 24.0 Å². The minimum atomic E-state index is -3.41. The van der Waals surface area contributed by atoms with E-state index in [1.54, 1.807) is 11.2 Å². The maximum absolute atomic E-state index is 14.3. The number of hydrogen-bond acceptors (Lipinski definition) is 4. The van der Waals surface area contributed by atoms with Crippen LogP contribution >= 0.6 is 0 Å². The zero-order valence-electron chi connectivity index (χ0n) is 16.6. The molecule has 4 rings (SSSR count). The standard InChI is InChI=1S/C21H25F2N3O2S/c1-15(2)14-29(27,28)26-11-8-18-13-17(7-10-25(18)26)24-9-3-4-21(24)19-12-16(22)5-6-20(19)23/h5-8,10,12-13,15,21H,3-4,9,11,14H2,1-2H3/t21-/m1/s1. The summed E-state index contributed by atoms with van der Waals surface area (Å²) in [5.41, 5.74) is 2.02. The van der Waals surface area contributed by atoms with E-state index in [9.17, 15) is 17.2 Å². The number of halogens is 2. The van der Waals surface area contributed by atoms with Gasteiger partial charge in [0.15, 0.2) is 0 Å². The summed E-state index contributed by atoms with van der Waals surface area (Å²) in [6.45, 7) is 4.79. The van der Waals surface area contributed by atoms with Gasteiger partial charge in [-0.25, -0.2) is 17.2 Å². The Kier molecular flexibility index (Phi) is 5.25. The summed E-state index contributed by atoms with van der Waals surface area (Å²) in [6, 6.07) is 3.33. The van der Waals surface area contributed by atoms with Gasteiger partial charge in [-0.1, -0.05) is 13.8 Å². The van der Waals surface area contributed by atoms with E-state index in [0.717, 1.165) is 36.8 Å². The molecule has 3 heterocycles. The Labute approximate surface area is 170 Å². The Bertz CT molecular complexity index is 1000. The fourth-order valence-corrected chi connectivity index (χ4v) is 5.95. The molecule has 0 amide bonds. The van der Waals surface area contributed by atoms with E-state index in [0.29, 0.717) is 12.1 Å². The normalized spacial score (nSPS) is 22.3. The van der Waals surface area contributed by atoms with Gasteiger partial charge < -0.3 is 4.90 Å². The highest BCUT2D eigenvalue weighted by molar-refractivity contribution is 7.89. The number of benzene rings is 1. The first-order chi connectivity index (χ1) is 13.8. The molecular formula is C21H25F2N3O2S. The predicted molar refractivity (Wildman–Crippen MR) is 108 cm³/mol. The van der Waals surface area contributed by atoms with Crippen molar-refractivity contribution in [2.45, 2.75) is 32.7 Å². The first-order valence-corrected chi connectivity index (χ1v) is 11.5. The van der Waals surface area contributed by atoms with Crippen molar-refractivity contribution >= 4 is 10.0 Å². The van der Waals surface area contributed by atoms with Crippen LogP contribution in [0.1, 0.15) is 38.3 Å². The van der Waals surface area contributed by atoms with E-state index in [1.165, 1.54) is 16.5 Å². The summed E-state index contributed by atoms with van der Waals surface area (Å²) in [5, 5.41) is 1.65. The van der Waals surface area contributed by atoms with Crippen molar-refractivity contribution in [3.05, 3.63) is 71.2 Å². The van der Waals surface area contributed by atoms with E-state index in [-0.39, 0.29) is 17.7 Å². The van der Waals surface area contributed by atoms with Crippen LogP contribution in [-0.4, -0.2) is 41.6 Å². The van der Waals surface area contributed by atoms with Gasteiger partial charge in [-0.15, -0.1) is 4.41 Å². The summed E-state index contributed by atoms with van der Waals surface area (Å²) in [5.74, 6) is -0.730. The molecule has 0 spiro atoms. The van der Waals surface area contributed by atoms with E-state index in [2.05, 4.69) is 4.90 Å². The largest absolute Gasteiger partial charge is 0.364 e. The third-order valence-corrected chi connectivity index (χ3v) is 7.47. The number of likely N-dealkylation sites (tertiary alicyclic amines) is 1. The Morgan fingerprint density at radius 3 is 2.76 bits per heavy atom. The molecule has 0 aliphatic carbocycles. The highest BCUT2D eigenvalue weighted by Gasteiger charge is 2.35. The highest BCUT2D eigenvalue weighted by Crippen LogP contribution is 2.39. The van der Waals surface area contributed by atoms with E-state index >= 15 is 0 Å². The lowest BCUT2D eigenvalue weighted by Gasteiger charge is -2.34. The van der Waals surface area contributed by atoms with Crippen molar-refractivity contribution in [1.82, 2.24) is 14.3 Å². The second-order valence-corrected chi connectivity index (χ2v) is 9.97. The molecule has 1 aromatic rings. The third-order valence-electron chi connectivity index (χ3n) is 5.41. The van der Waals surface area contributed by atoms with Crippen LogP contribution < -0.4 is 0 Å². The first-order valence-electron chi connectivity index (χ1n) is 9.87. The summed E-state index contributed by atoms with van der Waals surface area (Å²) >= 11 is 0. The Balaban J connectivity index is 1.57. The lowest BCUT2D eigenvalue weighted by molar-refractivity contribution is 0.204. The van der Waals surface area contributed by atoms with Crippen molar-refractivity contribution in [3.63, 3.8) is 0 Å². The quantitative estimate of drug-likeness (QED) is 0.723. The van der Waals surface area contributed by atoms with Crippen molar-refractivity contribution in [3.8, 4) is 0 Å². The summed E-state index contributed by atoms with van der Waals surface area (Å²) in [4.78, 5) is 2.07. The Morgan fingerprint density at radius 2 is 2.00 bits per heavy atom. The van der Waals surface area contributed by atoms with Crippen LogP contribution in [0.25, 0.3) is 0 Å². The molecule has 3 aliphatic heterocycles. The zero-order chi connectivity index (χ0) is 20.8. The van der Waals surface area contributed by atoms with Crippen LogP contribution in [0, 0.1) is 17.6 Å². The monoisotopic (exact) mass is 421 g/mol. The number of hydrogen-bond donors (Lipinski definition) is 0. The molecule has 1 aromatic carbocycles. The zero-order valence-corrected chi connectivity index (χ0v) is 17.4. The van der Waals surface area contributed by atoms with Gasteiger partial charge in [0.1, 0.15) is 11.6 Å². The maximum atomic E-state index is 14.3. The number of rotatable bonds is 5. The average molecular weight is 422 g/mol. The predicted octanol–water partition coefficient (Wildman–Crippen LogP) is 3.92. The van der Waals surface area contributed by atoms with Crippen LogP contribution in [0.5, 0.6) is 0 Å². The fourth-order valence-electron chi connectivity index (χ4n) is 4.22. The number of allylic oxidation sites excluding steroid dienone is 2. The molecule has 0 aromatic heterocycles. The Morgan fingerprint density at radius 1 is 1.21 bits per heavy atom. The van der Waals surface area contributed by atoms with Gasteiger partial charge >= 0.3 is 0 Å². The van der Waals surface area contributed by atoms with E-state index in [1.807, 2.05) is 32.1 Å². The van der Waals surface area contributed by atoms with Gasteiger partial charge in [0.05, 0.1) is 24.0 Å². The molecule has 29 heavy (non-hydrogen) atoms. The third kappa shape index (κ3) is 3.83. The van der Waals surface area contributed by atoms with Crippen molar-refractivity contribution in [2.24, 2.45) is 5.92 Å². The Hall–Kier alpha value is -2.19. The number of fused-ring (bicyclic) bond motifs is 1. The van der Waals surface area contributed by atoms with Gasteiger partial charge in [-0.3, -0.25) is 5.01 Å². The molecule has 1 fully saturated rings. The van der Waals surface area contributed by atoms with Crippen molar-refractivity contribution in [2.75, 3.05) is 18.8 Å². The van der Waals surface area contributed by atoms with Crippen LogP contribution in [0.4, 0.5) is 8.78 Å². The van der Waals surface area contributed by atoms with Gasteiger partial charge in [0.2, 0.25) is 10.0 Å². The van der Waals surface area contributed by atoms with Gasteiger partial charge in [0.25, 0.3) is 0 Å². The van der Waals surface area contributed by atoms with E-state index in [4.69, 9.17) is 0 Å². The minimum absolute atomic E-state index is 0.0374. The highest BCUT2D eigenvalue weighted by atomic mass is 32.2. The average Bonchev–Trinajstić information content (AvgIpc) is 3.29. The summed E-state index contributed by atoms with van der Waals surface area (Å²) < 4.78 is 54.7. The van der Waals surface area contributed by atoms with Crippen LogP contribution in [0.3, 0.4) is 0 Å². The second-order valence-electron chi connectivity index (χ2n) is 8.05. The van der Waals surface area contributed by atoms with Crippen molar-refractivity contribution in [1.29, 1.82) is 0 Å². The van der Waals surface area contributed by atoms with E-state index < -0.39 is 21.7 Å². The molecule has 1 atom stereocenters. The van der Waals surface area contributed by atoms with Crippen molar-refractivity contribution < 1.29 is 17.2 Å². The smallest absolute Gasteiger partial charge is 0.231 e. The molecule has 5 nitrogen and oxygen atoms in total. The molecule has 0 unspecified atom stereocenters. The second kappa shape index (κ2) is 7.57. The molecule has 0 bridgehead atoms. The molecule has 156 valence electrons. The number of nitrogens with zero attached hydrogens (tertiary/aromatic N) is 3. The van der Waals surface area contributed by atoms with Crippen LogP contribution in [0.15, 0.2) is 54.0 Å². The first kappa shape index (κ1) is 20.1. The number of hydrazine groups is 1. The van der Waals surface area contributed by atoms with Gasteiger partial charge in [-0.2, -0.15) is 0 Å². The molecule has 0 radical (unpaired) electrons. The topological polar surface area (TPSA) is 43.9 Å². The summed E-state index contributed by atoms with van der Waals surface area (Å²) in [6.07, 6.45) is 8.99. The van der Waals surface area contributed by atoms with Crippen LogP contribution in [-0.2, 0) is 10.0 Å². The molecule has 0 saturated carbocycles. The fraction of sp³-hybridized carbons (Fsp3) is 0.429. The molecule has 3 aliphatic rings. The number of sulfonamides is 1. The molecule has 1 saturated heterocycles. The summed E-state index contributed by atoms with van der Waals surface area (Å²) in [7, 11) is -3.41. The van der Waals surface area contributed by atoms with Gasteiger partial charge in [-0.05, 0) is 55.2 Å².